The Bertz CT molecular complexity index is 1060. The number of anilines is 1. The molecule has 0 aliphatic heterocycles. The van der Waals surface area contributed by atoms with Crippen molar-refractivity contribution in [2.45, 2.75) is 51.0 Å². The van der Waals surface area contributed by atoms with E-state index in [1.165, 1.54) is 6.07 Å². The number of amides is 1. The number of aromatic nitrogens is 1. The van der Waals surface area contributed by atoms with Crippen molar-refractivity contribution in [3.63, 3.8) is 0 Å². The summed E-state index contributed by atoms with van der Waals surface area (Å²) in [6, 6.07) is 14.5. The van der Waals surface area contributed by atoms with Gasteiger partial charge in [-0.05, 0) is 80.5 Å². The van der Waals surface area contributed by atoms with E-state index < -0.39 is 5.54 Å². The molecule has 1 aliphatic carbocycles. The molecule has 30 heavy (non-hydrogen) atoms. The Balaban J connectivity index is 1.46. The Labute approximate surface area is 176 Å². The van der Waals surface area contributed by atoms with Crippen molar-refractivity contribution in [1.29, 1.82) is 0 Å². The molecule has 1 saturated carbocycles. The van der Waals surface area contributed by atoms with Crippen LogP contribution in [0.4, 0.5) is 10.1 Å². The molecular weight excluding hydrogens is 377 g/mol. The second-order valence-corrected chi connectivity index (χ2v) is 8.65. The van der Waals surface area contributed by atoms with E-state index in [2.05, 4.69) is 10.3 Å². The maximum absolute atomic E-state index is 13.8. The lowest BCUT2D eigenvalue weighted by atomic mass is 9.69. The van der Waals surface area contributed by atoms with Crippen molar-refractivity contribution in [1.82, 2.24) is 4.98 Å². The van der Waals surface area contributed by atoms with Gasteiger partial charge < -0.3 is 11.1 Å². The molecule has 1 aliphatic rings. The third kappa shape index (κ3) is 4.08. The van der Waals surface area contributed by atoms with E-state index >= 15 is 0 Å². The zero-order valence-electron chi connectivity index (χ0n) is 17.5. The van der Waals surface area contributed by atoms with Crippen LogP contribution < -0.4 is 11.1 Å². The minimum absolute atomic E-state index is 0.0452. The number of carbonyl (C=O) groups is 1. The van der Waals surface area contributed by atoms with Gasteiger partial charge in [0.1, 0.15) is 5.82 Å². The summed E-state index contributed by atoms with van der Waals surface area (Å²) < 4.78 is 13.8. The Morgan fingerprint density at radius 3 is 2.57 bits per heavy atom. The number of fused-ring (bicyclic) bond motifs is 1. The highest BCUT2D eigenvalue weighted by atomic mass is 19.1. The standard InChI is InChI=1S/C25H28FN3O/c1-16-3-6-20(7-4-16)29-24(30)17(2)25(27)12-9-18(10-13-25)21-11-14-28-23-8-5-19(26)15-22(21)23/h3-8,11,14-15,17-18H,9-10,12-13,27H2,1-2H3,(H,29,30)/t17-,18?,25?/m0/s1. The quantitative estimate of drug-likeness (QED) is 0.618. The number of aryl methyl sites for hydroxylation is 1. The number of nitrogens with one attached hydrogen (secondary N) is 1. The Morgan fingerprint density at radius 2 is 1.87 bits per heavy atom. The summed E-state index contributed by atoms with van der Waals surface area (Å²) in [5.41, 5.74) is 10.1. The van der Waals surface area contributed by atoms with Crippen LogP contribution in [0.2, 0.25) is 0 Å². The van der Waals surface area contributed by atoms with Crippen molar-refractivity contribution < 1.29 is 9.18 Å². The summed E-state index contributed by atoms with van der Waals surface area (Å²) in [6.45, 7) is 3.93. The molecule has 3 aromatic rings. The summed E-state index contributed by atoms with van der Waals surface area (Å²) >= 11 is 0. The molecule has 0 spiro atoms. The van der Waals surface area contributed by atoms with E-state index in [0.717, 1.165) is 53.4 Å². The van der Waals surface area contributed by atoms with Gasteiger partial charge in [-0.3, -0.25) is 9.78 Å². The zero-order valence-corrected chi connectivity index (χ0v) is 17.5. The third-order valence-electron chi connectivity index (χ3n) is 6.67. The Kier molecular flexibility index (Phi) is 5.56. The Morgan fingerprint density at radius 1 is 1.17 bits per heavy atom. The minimum Gasteiger partial charge on any atom is -0.326 e. The molecule has 1 atom stereocenters. The molecule has 4 nitrogen and oxygen atoms in total. The maximum Gasteiger partial charge on any atom is 0.229 e. The number of hydrogen-bond acceptors (Lipinski definition) is 3. The number of hydrogen-bond donors (Lipinski definition) is 2. The molecule has 1 heterocycles. The van der Waals surface area contributed by atoms with E-state index in [0.29, 0.717) is 5.92 Å². The molecule has 5 heteroatoms. The van der Waals surface area contributed by atoms with Gasteiger partial charge in [-0.1, -0.05) is 24.6 Å². The molecule has 156 valence electrons. The molecular formula is C25H28FN3O. The van der Waals surface area contributed by atoms with Crippen LogP contribution in [-0.4, -0.2) is 16.4 Å². The molecule has 0 bridgehead atoms. The molecule has 1 amide bonds. The first-order chi connectivity index (χ1) is 14.4. The lowest BCUT2D eigenvalue weighted by Crippen LogP contribution is -2.52. The highest BCUT2D eigenvalue weighted by molar-refractivity contribution is 5.93. The molecule has 3 N–H and O–H groups in total. The van der Waals surface area contributed by atoms with Crippen LogP contribution >= 0.6 is 0 Å². The van der Waals surface area contributed by atoms with Gasteiger partial charge in [0.2, 0.25) is 5.91 Å². The average molecular weight is 406 g/mol. The van der Waals surface area contributed by atoms with E-state index in [1.807, 2.05) is 44.2 Å². The number of nitrogens with zero attached hydrogens (tertiary/aromatic N) is 1. The zero-order chi connectivity index (χ0) is 21.3. The highest BCUT2D eigenvalue weighted by Crippen LogP contribution is 2.42. The fourth-order valence-electron chi connectivity index (χ4n) is 4.54. The van der Waals surface area contributed by atoms with Crippen molar-refractivity contribution in [3.05, 3.63) is 71.7 Å². The summed E-state index contributed by atoms with van der Waals surface area (Å²) in [4.78, 5) is 17.2. The average Bonchev–Trinajstić information content (AvgIpc) is 2.75. The summed E-state index contributed by atoms with van der Waals surface area (Å²) in [7, 11) is 0. The maximum atomic E-state index is 13.8. The normalized spacial score (nSPS) is 22.6. The number of pyridine rings is 1. The SMILES string of the molecule is Cc1ccc(NC(=O)[C@H](C)C2(N)CCC(c3ccnc4ccc(F)cc34)CC2)cc1. The molecule has 4 rings (SSSR count). The molecule has 1 fully saturated rings. The second kappa shape index (κ2) is 8.15. The summed E-state index contributed by atoms with van der Waals surface area (Å²) in [6.07, 6.45) is 5.03. The van der Waals surface area contributed by atoms with Gasteiger partial charge in [-0.15, -0.1) is 0 Å². The lowest BCUT2D eigenvalue weighted by molar-refractivity contribution is -0.121. The molecule has 1 aromatic heterocycles. The van der Waals surface area contributed by atoms with Crippen LogP contribution in [0.5, 0.6) is 0 Å². The van der Waals surface area contributed by atoms with Crippen molar-refractivity contribution in [3.8, 4) is 0 Å². The first kappa shape index (κ1) is 20.5. The molecule has 0 radical (unpaired) electrons. The van der Waals surface area contributed by atoms with Crippen LogP contribution in [0, 0.1) is 18.7 Å². The van der Waals surface area contributed by atoms with Gasteiger partial charge in [0.05, 0.1) is 11.4 Å². The van der Waals surface area contributed by atoms with Crippen LogP contribution in [0.25, 0.3) is 10.9 Å². The lowest BCUT2D eigenvalue weighted by Gasteiger charge is -2.41. The molecule has 0 saturated heterocycles. The molecule has 2 aromatic carbocycles. The fraction of sp³-hybridized carbons (Fsp3) is 0.360. The van der Waals surface area contributed by atoms with Crippen molar-refractivity contribution >= 4 is 22.5 Å². The number of rotatable bonds is 4. The van der Waals surface area contributed by atoms with Gasteiger partial charge in [0.25, 0.3) is 0 Å². The van der Waals surface area contributed by atoms with Gasteiger partial charge in [0, 0.05) is 22.8 Å². The van der Waals surface area contributed by atoms with Gasteiger partial charge in [0.15, 0.2) is 0 Å². The number of nitrogens with two attached hydrogens (primary N) is 1. The van der Waals surface area contributed by atoms with Crippen molar-refractivity contribution in [2.24, 2.45) is 11.7 Å². The topological polar surface area (TPSA) is 68.0 Å². The third-order valence-corrected chi connectivity index (χ3v) is 6.67. The first-order valence-corrected chi connectivity index (χ1v) is 10.6. The predicted octanol–water partition coefficient (Wildman–Crippen LogP) is 5.31. The largest absolute Gasteiger partial charge is 0.326 e. The summed E-state index contributed by atoms with van der Waals surface area (Å²) in [5.74, 6) is -0.300. The minimum atomic E-state index is -0.542. The van der Waals surface area contributed by atoms with Gasteiger partial charge in [-0.25, -0.2) is 4.39 Å². The van der Waals surface area contributed by atoms with Crippen molar-refractivity contribution in [2.75, 3.05) is 5.32 Å². The number of halogens is 1. The summed E-state index contributed by atoms with van der Waals surface area (Å²) in [5, 5.41) is 3.87. The number of carbonyl (C=O) groups excluding carboxylic acids is 1. The monoisotopic (exact) mass is 405 g/mol. The smallest absolute Gasteiger partial charge is 0.229 e. The fourth-order valence-corrected chi connectivity index (χ4v) is 4.54. The van der Waals surface area contributed by atoms with Gasteiger partial charge >= 0.3 is 0 Å². The van der Waals surface area contributed by atoms with E-state index in [1.54, 1.807) is 18.3 Å². The van der Waals surface area contributed by atoms with E-state index in [4.69, 9.17) is 5.73 Å². The van der Waals surface area contributed by atoms with Crippen LogP contribution in [0.3, 0.4) is 0 Å². The number of benzene rings is 2. The van der Waals surface area contributed by atoms with E-state index in [9.17, 15) is 9.18 Å². The molecule has 0 unspecified atom stereocenters. The highest BCUT2D eigenvalue weighted by Gasteiger charge is 2.40. The predicted molar refractivity (Wildman–Crippen MR) is 119 cm³/mol. The Hall–Kier alpha value is -2.79. The van der Waals surface area contributed by atoms with E-state index in [-0.39, 0.29) is 17.6 Å². The van der Waals surface area contributed by atoms with Crippen LogP contribution in [-0.2, 0) is 4.79 Å². The first-order valence-electron chi connectivity index (χ1n) is 10.6. The second-order valence-electron chi connectivity index (χ2n) is 8.65. The van der Waals surface area contributed by atoms with Crippen LogP contribution in [0.15, 0.2) is 54.7 Å². The van der Waals surface area contributed by atoms with Gasteiger partial charge in [-0.2, -0.15) is 0 Å². The van der Waals surface area contributed by atoms with Crippen LogP contribution in [0.1, 0.15) is 49.7 Å².